The summed E-state index contributed by atoms with van der Waals surface area (Å²) in [7, 11) is 0. The molecule has 0 spiro atoms. The normalized spacial score (nSPS) is 10.3. The highest BCUT2D eigenvalue weighted by Gasteiger charge is 2.04. The molecule has 2 rings (SSSR count). The molecule has 0 unspecified atom stereocenters. The highest BCUT2D eigenvalue weighted by Crippen LogP contribution is 2.17. The molecule has 5 heteroatoms. The Hall–Kier alpha value is -2.01. The Balaban J connectivity index is 1.82. The van der Waals surface area contributed by atoms with Gasteiger partial charge in [0.05, 0.1) is 22.7 Å². The summed E-state index contributed by atoms with van der Waals surface area (Å²) in [6, 6.07) is 11.6. The number of benzene rings is 1. The van der Waals surface area contributed by atoms with Gasteiger partial charge < -0.3 is 11.1 Å². The molecule has 0 bridgehead atoms. The third-order valence-electron chi connectivity index (χ3n) is 2.89. The maximum Gasteiger partial charge on any atom is 0.234 e. The summed E-state index contributed by atoms with van der Waals surface area (Å²) in [4.78, 5) is 16.0. The summed E-state index contributed by atoms with van der Waals surface area (Å²) in [6.45, 7) is 2.15. The Morgan fingerprint density at radius 3 is 2.62 bits per heavy atom. The van der Waals surface area contributed by atoms with Crippen molar-refractivity contribution in [1.29, 1.82) is 0 Å². The summed E-state index contributed by atoms with van der Waals surface area (Å²) < 4.78 is 0. The van der Waals surface area contributed by atoms with E-state index in [1.807, 2.05) is 30.3 Å². The molecule has 21 heavy (non-hydrogen) atoms. The molecule has 0 fully saturated rings. The lowest BCUT2D eigenvalue weighted by Crippen LogP contribution is -2.14. The van der Waals surface area contributed by atoms with Crippen LogP contribution in [0.1, 0.15) is 18.9 Å². The number of aryl methyl sites for hydroxylation is 1. The van der Waals surface area contributed by atoms with E-state index in [-0.39, 0.29) is 5.91 Å². The molecule has 0 aliphatic carbocycles. The molecule has 0 radical (unpaired) electrons. The molecule has 4 nitrogen and oxygen atoms in total. The minimum Gasteiger partial charge on any atom is -0.397 e. The van der Waals surface area contributed by atoms with E-state index in [1.165, 1.54) is 17.3 Å². The first-order valence-corrected chi connectivity index (χ1v) is 7.89. The fourth-order valence-corrected chi connectivity index (χ4v) is 2.50. The van der Waals surface area contributed by atoms with Gasteiger partial charge in [0, 0.05) is 5.69 Å². The Labute approximate surface area is 129 Å². The number of thioether (sulfide) groups is 1. The molecule has 1 heterocycles. The number of nitrogens with zero attached hydrogens (tertiary/aromatic N) is 1. The lowest BCUT2D eigenvalue weighted by Gasteiger charge is -2.06. The lowest BCUT2D eigenvalue weighted by molar-refractivity contribution is -0.113. The second kappa shape index (κ2) is 7.69. The zero-order valence-corrected chi connectivity index (χ0v) is 12.8. The van der Waals surface area contributed by atoms with E-state index >= 15 is 0 Å². The predicted molar refractivity (Wildman–Crippen MR) is 88.4 cm³/mol. The summed E-state index contributed by atoms with van der Waals surface area (Å²) in [6.07, 6.45) is 3.77. The largest absolute Gasteiger partial charge is 0.397 e. The van der Waals surface area contributed by atoms with Crippen molar-refractivity contribution in [2.45, 2.75) is 24.8 Å². The average molecular weight is 301 g/mol. The molecule has 0 saturated carbocycles. The number of hydrogen-bond acceptors (Lipinski definition) is 4. The number of nitrogen functional groups attached to an aromatic ring is 1. The number of aromatic nitrogens is 1. The first-order chi connectivity index (χ1) is 10.2. The molecule has 0 atom stereocenters. The third-order valence-corrected chi connectivity index (χ3v) is 3.83. The summed E-state index contributed by atoms with van der Waals surface area (Å²) >= 11 is 1.39. The average Bonchev–Trinajstić information content (AvgIpc) is 2.49. The van der Waals surface area contributed by atoms with Gasteiger partial charge in [0.15, 0.2) is 0 Å². The van der Waals surface area contributed by atoms with E-state index in [9.17, 15) is 4.79 Å². The van der Waals surface area contributed by atoms with Crippen LogP contribution in [0.2, 0.25) is 0 Å². The van der Waals surface area contributed by atoms with E-state index in [0.717, 1.165) is 23.6 Å². The van der Waals surface area contributed by atoms with Crippen LogP contribution in [-0.2, 0) is 11.2 Å². The van der Waals surface area contributed by atoms with E-state index in [0.29, 0.717) is 11.4 Å². The standard InChI is InChI=1S/C16H19N3OS/c1-2-3-12-4-7-14(8-5-12)19-15(20)11-21-16-9-6-13(17)10-18-16/h4-10H,2-3,11,17H2,1H3,(H,19,20). The number of nitrogens with one attached hydrogen (secondary N) is 1. The monoisotopic (exact) mass is 301 g/mol. The molecule has 1 aromatic heterocycles. The van der Waals surface area contributed by atoms with Gasteiger partial charge in [-0.25, -0.2) is 4.98 Å². The maximum absolute atomic E-state index is 11.9. The summed E-state index contributed by atoms with van der Waals surface area (Å²) in [5.74, 6) is 0.287. The smallest absolute Gasteiger partial charge is 0.234 e. The van der Waals surface area contributed by atoms with Gasteiger partial charge in [0.1, 0.15) is 0 Å². The highest BCUT2D eigenvalue weighted by atomic mass is 32.2. The van der Waals surface area contributed by atoms with Crippen molar-refractivity contribution in [2.75, 3.05) is 16.8 Å². The topological polar surface area (TPSA) is 68.0 Å². The van der Waals surface area contributed by atoms with Crippen LogP contribution in [0.25, 0.3) is 0 Å². The van der Waals surface area contributed by atoms with Crippen LogP contribution in [0.3, 0.4) is 0 Å². The molecular weight excluding hydrogens is 282 g/mol. The molecule has 0 saturated heterocycles. The first-order valence-electron chi connectivity index (χ1n) is 6.90. The Morgan fingerprint density at radius 1 is 1.24 bits per heavy atom. The van der Waals surface area contributed by atoms with E-state index < -0.39 is 0 Å². The number of hydrogen-bond donors (Lipinski definition) is 2. The number of carbonyl (C=O) groups is 1. The van der Waals surface area contributed by atoms with Crippen LogP contribution in [0.5, 0.6) is 0 Å². The number of carbonyl (C=O) groups excluding carboxylic acids is 1. The molecule has 1 amide bonds. The number of pyridine rings is 1. The van der Waals surface area contributed by atoms with Crippen molar-refractivity contribution in [1.82, 2.24) is 4.98 Å². The third kappa shape index (κ3) is 5.11. The van der Waals surface area contributed by atoms with Crippen molar-refractivity contribution in [3.63, 3.8) is 0 Å². The SMILES string of the molecule is CCCc1ccc(NC(=O)CSc2ccc(N)cn2)cc1. The Morgan fingerprint density at radius 2 is 2.00 bits per heavy atom. The molecule has 3 N–H and O–H groups in total. The van der Waals surface area contributed by atoms with Crippen LogP contribution in [0, 0.1) is 0 Å². The number of nitrogens with two attached hydrogens (primary N) is 1. The molecule has 2 aromatic rings. The quantitative estimate of drug-likeness (QED) is 0.803. The van der Waals surface area contributed by atoms with E-state index in [1.54, 1.807) is 12.3 Å². The zero-order valence-electron chi connectivity index (χ0n) is 12.0. The van der Waals surface area contributed by atoms with Crippen molar-refractivity contribution < 1.29 is 4.79 Å². The Kier molecular flexibility index (Phi) is 5.63. The van der Waals surface area contributed by atoms with Gasteiger partial charge in [-0.3, -0.25) is 4.79 Å². The zero-order chi connectivity index (χ0) is 15.1. The van der Waals surface area contributed by atoms with Gasteiger partial charge in [0.2, 0.25) is 5.91 Å². The second-order valence-electron chi connectivity index (χ2n) is 4.71. The molecule has 110 valence electrons. The fraction of sp³-hybridized carbons (Fsp3) is 0.250. The van der Waals surface area contributed by atoms with Crippen LogP contribution in [0.15, 0.2) is 47.6 Å². The second-order valence-corrected chi connectivity index (χ2v) is 5.71. The van der Waals surface area contributed by atoms with Gasteiger partial charge >= 0.3 is 0 Å². The van der Waals surface area contributed by atoms with Gasteiger partial charge in [-0.15, -0.1) is 0 Å². The van der Waals surface area contributed by atoms with Crippen LogP contribution >= 0.6 is 11.8 Å². The van der Waals surface area contributed by atoms with Crippen LogP contribution in [0.4, 0.5) is 11.4 Å². The lowest BCUT2D eigenvalue weighted by atomic mass is 10.1. The summed E-state index contributed by atoms with van der Waals surface area (Å²) in [5.41, 5.74) is 8.30. The molecule has 0 aliphatic rings. The highest BCUT2D eigenvalue weighted by molar-refractivity contribution is 7.99. The van der Waals surface area contributed by atoms with Crippen molar-refractivity contribution in [2.24, 2.45) is 0 Å². The minimum absolute atomic E-state index is 0.0399. The first kappa shape index (κ1) is 15.4. The minimum atomic E-state index is -0.0399. The fourth-order valence-electron chi connectivity index (χ4n) is 1.86. The number of anilines is 2. The number of rotatable bonds is 6. The van der Waals surface area contributed by atoms with Gasteiger partial charge in [-0.2, -0.15) is 0 Å². The van der Waals surface area contributed by atoms with Crippen molar-refractivity contribution in [3.8, 4) is 0 Å². The van der Waals surface area contributed by atoms with Crippen LogP contribution < -0.4 is 11.1 Å². The molecular formula is C16H19N3OS. The molecule has 1 aromatic carbocycles. The van der Waals surface area contributed by atoms with Crippen molar-refractivity contribution >= 4 is 29.0 Å². The predicted octanol–water partition coefficient (Wildman–Crippen LogP) is 3.35. The summed E-state index contributed by atoms with van der Waals surface area (Å²) in [5, 5.41) is 3.67. The Bertz CT molecular complexity index is 581. The van der Waals surface area contributed by atoms with Gasteiger partial charge in [0.25, 0.3) is 0 Å². The van der Waals surface area contributed by atoms with Gasteiger partial charge in [-0.05, 0) is 36.2 Å². The van der Waals surface area contributed by atoms with Crippen molar-refractivity contribution in [3.05, 3.63) is 48.2 Å². The molecule has 0 aliphatic heterocycles. The van der Waals surface area contributed by atoms with Crippen LogP contribution in [-0.4, -0.2) is 16.6 Å². The van der Waals surface area contributed by atoms with E-state index in [4.69, 9.17) is 5.73 Å². The van der Waals surface area contributed by atoms with E-state index in [2.05, 4.69) is 17.2 Å². The number of amides is 1. The maximum atomic E-state index is 11.9. The van der Waals surface area contributed by atoms with Gasteiger partial charge in [-0.1, -0.05) is 37.2 Å².